The normalized spacial score (nSPS) is 15.0. The second kappa shape index (κ2) is 9.77. The number of amides is 1. The van der Waals surface area contributed by atoms with Crippen LogP contribution in [0.25, 0.3) is 0 Å². The SMILES string of the molecule is CCCc1ccc(C(=O)NCCN2CCN(c3ccc(Cl)cc3)CC2)cc1. The number of hydrogen-bond acceptors (Lipinski definition) is 3. The van der Waals surface area contributed by atoms with Crippen molar-refractivity contribution >= 4 is 23.2 Å². The van der Waals surface area contributed by atoms with E-state index in [1.54, 1.807) is 0 Å². The van der Waals surface area contributed by atoms with Crippen LogP contribution in [0.3, 0.4) is 0 Å². The molecule has 0 unspecified atom stereocenters. The van der Waals surface area contributed by atoms with Crippen molar-refractivity contribution in [2.24, 2.45) is 0 Å². The third-order valence-electron chi connectivity index (χ3n) is 5.03. The molecule has 1 heterocycles. The number of carbonyl (C=O) groups is 1. The van der Waals surface area contributed by atoms with Crippen molar-refractivity contribution in [1.29, 1.82) is 0 Å². The molecule has 0 spiro atoms. The fourth-order valence-electron chi connectivity index (χ4n) is 3.42. The monoisotopic (exact) mass is 385 g/mol. The van der Waals surface area contributed by atoms with E-state index in [2.05, 4.69) is 34.2 Å². The van der Waals surface area contributed by atoms with Crippen LogP contribution in [0.15, 0.2) is 48.5 Å². The van der Waals surface area contributed by atoms with Crippen LogP contribution in [0.4, 0.5) is 5.69 Å². The standard InChI is InChI=1S/C22H28ClN3O/c1-2-3-18-4-6-19(7-5-18)22(27)24-12-13-25-14-16-26(17-15-25)21-10-8-20(23)9-11-21/h4-11H,2-3,12-17H2,1H3,(H,24,27). The molecule has 5 heteroatoms. The van der Waals surface area contributed by atoms with Crippen LogP contribution in [0.5, 0.6) is 0 Å². The van der Waals surface area contributed by atoms with E-state index >= 15 is 0 Å². The van der Waals surface area contributed by atoms with Gasteiger partial charge in [-0.05, 0) is 48.4 Å². The van der Waals surface area contributed by atoms with Crippen molar-refractivity contribution in [3.8, 4) is 0 Å². The van der Waals surface area contributed by atoms with E-state index in [1.807, 2.05) is 36.4 Å². The summed E-state index contributed by atoms with van der Waals surface area (Å²) in [7, 11) is 0. The number of piperazine rings is 1. The molecular formula is C22H28ClN3O. The molecule has 4 nitrogen and oxygen atoms in total. The summed E-state index contributed by atoms with van der Waals surface area (Å²) in [6, 6.07) is 16.0. The molecule has 1 aliphatic heterocycles. The summed E-state index contributed by atoms with van der Waals surface area (Å²) in [4.78, 5) is 17.0. The molecule has 1 N–H and O–H groups in total. The highest BCUT2D eigenvalue weighted by Gasteiger charge is 2.17. The summed E-state index contributed by atoms with van der Waals surface area (Å²) in [6.45, 7) is 7.72. The van der Waals surface area contributed by atoms with E-state index in [9.17, 15) is 4.79 Å². The third kappa shape index (κ3) is 5.72. The first kappa shape index (κ1) is 19.7. The first-order valence-corrected chi connectivity index (χ1v) is 10.1. The largest absolute Gasteiger partial charge is 0.369 e. The predicted molar refractivity (Wildman–Crippen MR) is 113 cm³/mol. The van der Waals surface area contributed by atoms with Crippen molar-refractivity contribution in [2.75, 3.05) is 44.2 Å². The number of carbonyl (C=O) groups excluding carboxylic acids is 1. The van der Waals surface area contributed by atoms with E-state index in [-0.39, 0.29) is 5.91 Å². The Morgan fingerprint density at radius 2 is 1.67 bits per heavy atom. The number of anilines is 1. The Kier molecular flexibility index (Phi) is 7.13. The van der Waals surface area contributed by atoms with Gasteiger partial charge >= 0.3 is 0 Å². The first-order chi connectivity index (χ1) is 13.2. The van der Waals surface area contributed by atoms with Crippen LogP contribution in [0.2, 0.25) is 5.02 Å². The van der Waals surface area contributed by atoms with Gasteiger partial charge in [0, 0.05) is 55.5 Å². The lowest BCUT2D eigenvalue weighted by atomic mass is 10.1. The molecule has 0 atom stereocenters. The summed E-state index contributed by atoms with van der Waals surface area (Å²) in [5, 5.41) is 3.81. The molecule has 27 heavy (non-hydrogen) atoms. The zero-order valence-electron chi connectivity index (χ0n) is 16.0. The van der Waals surface area contributed by atoms with E-state index in [4.69, 9.17) is 11.6 Å². The number of halogens is 1. The molecule has 0 saturated carbocycles. The van der Waals surface area contributed by atoms with Gasteiger partial charge in [-0.3, -0.25) is 9.69 Å². The van der Waals surface area contributed by atoms with Gasteiger partial charge in [-0.1, -0.05) is 37.1 Å². The van der Waals surface area contributed by atoms with Gasteiger partial charge in [0.25, 0.3) is 5.91 Å². The van der Waals surface area contributed by atoms with Crippen molar-refractivity contribution < 1.29 is 4.79 Å². The molecule has 2 aromatic carbocycles. The Labute approximate surface area is 167 Å². The number of nitrogens with zero attached hydrogens (tertiary/aromatic N) is 2. The van der Waals surface area contributed by atoms with E-state index in [0.29, 0.717) is 6.54 Å². The highest BCUT2D eigenvalue weighted by atomic mass is 35.5. The lowest BCUT2D eigenvalue weighted by Crippen LogP contribution is -2.48. The summed E-state index contributed by atoms with van der Waals surface area (Å²) in [5.41, 5.74) is 3.24. The topological polar surface area (TPSA) is 35.6 Å². The fraction of sp³-hybridized carbons (Fsp3) is 0.409. The lowest BCUT2D eigenvalue weighted by Gasteiger charge is -2.36. The minimum Gasteiger partial charge on any atom is -0.369 e. The summed E-state index contributed by atoms with van der Waals surface area (Å²) < 4.78 is 0. The molecule has 144 valence electrons. The Hall–Kier alpha value is -2.04. The average Bonchev–Trinajstić information content (AvgIpc) is 2.70. The van der Waals surface area contributed by atoms with Crippen LogP contribution in [0, 0.1) is 0 Å². The second-order valence-electron chi connectivity index (χ2n) is 7.01. The molecule has 1 saturated heterocycles. The smallest absolute Gasteiger partial charge is 0.251 e. The van der Waals surface area contributed by atoms with Crippen LogP contribution in [-0.2, 0) is 6.42 Å². The van der Waals surface area contributed by atoms with Gasteiger partial charge in [0.15, 0.2) is 0 Å². The van der Waals surface area contributed by atoms with Crippen molar-refractivity contribution in [3.63, 3.8) is 0 Å². The van der Waals surface area contributed by atoms with Crippen LogP contribution < -0.4 is 10.2 Å². The molecule has 0 aliphatic carbocycles. The minimum atomic E-state index is 0.0119. The summed E-state index contributed by atoms with van der Waals surface area (Å²) in [6.07, 6.45) is 2.18. The third-order valence-corrected chi connectivity index (χ3v) is 5.28. The number of rotatable bonds is 7. The van der Waals surface area contributed by atoms with Crippen molar-refractivity contribution in [2.45, 2.75) is 19.8 Å². The quantitative estimate of drug-likeness (QED) is 0.786. The zero-order valence-corrected chi connectivity index (χ0v) is 16.7. The Morgan fingerprint density at radius 3 is 2.30 bits per heavy atom. The maximum absolute atomic E-state index is 12.3. The molecule has 0 bridgehead atoms. The molecule has 0 radical (unpaired) electrons. The highest BCUT2D eigenvalue weighted by Crippen LogP contribution is 2.19. The van der Waals surface area contributed by atoms with E-state index < -0.39 is 0 Å². The lowest BCUT2D eigenvalue weighted by molar-refractivity contribution is 0.0948. The predicted octanol–water partition coefficient (Wildman–Crippen LogP) is 3.84. The highest BCUT2D eigenvalue weighted by molar-refractivity contribution is 6.30. The van der Waals surface area contributed by atoms with Gasteiger partial charge in [0.05, 0.1) is 0 Å². The molecule has 1 aliphatic rings. The Bertz CT molecular complexity index is 722. The van der Waals surface area contributed by atoms with E-state index in [0.717, 1.165) is 56.2 Å². The minimum absolute atomic E-state index is 0.0119. The number of benzene rings is 2. The van der Waals surface area contributed by atoms with Crippen LogP contribution >= 0.6 is 11.6 Å². The van der Waals surface area contributed by atoms with Crippen molar-refractivity contribution in [3.05, 3.63) is 64.7 Å². The maximum Gasteiger partial charge on any atom is 0.251 e. The van der Waals surface area contributed by atoms with Gasteiger partial charge in [0.2, 0.25) is 0 Å². The molecule has 2 aromatic rings. The average molecular weight is 386 g/mol. The van der Waals surface area contributed by atoms with Gasteiger partial charge in [-0.25, -0.2) is 0 Å². The van der Waals surface area contributed by atoms with Gasteiger partial charge in [-0.15, -0.1) is 0 Å². The first-order valence-electron chi connectivity index (χ1n) is 9.75. The zero-order chi connectivity index (χ0) is 19.1. The summed E-state index contributed by atoms with van der Waals surface area (Å²) >= 11 is 5.96. The molecule has 3 rings (SSSR count). The molecular weight excluding hydrogens is 358 g/mol. The van der Waals surface area contributed by atoms with Gasteiger partial charge < -0.3 is 10.2 Å². The Morgan fingerprint density at radius 1 is 1.00 bits per heavy atom. The maximum atomic E-state index is 12.3. The van der Waals surface area contributed by atoms with Gasteiger partial charge in [-0.2, -0.15) is 0 Å². The molecule has 1 fully saturated rings. The second-order valence-corrected chi connectivity index (χ2v) is 7.44. The van der Waals surface area contributed by atoms with Crippen LogP contribution in [0.1, 0.15) is 29.3 Å². The van der Waals surface area contributed by atoms with Crippen LogP contribution in [-0.4, -0.2) is 50.1 Å². The fourth-order valence-corrected chi connectivity index (χ4v) is 3.55. The van der Waals surface area contributed by atoms with E-state index in [1.165, 1.54) is 11.3 Å². The Balaban J connectivity index is 1.38. The number of aryl methyl sites for hydroxylation is 1. The molecule has 1 amide bonds. The number of hydrogen-bond donors (Lipinski definition) is 1. The molecule has 0 aromatic heterocycles. The van der Waals surface area contributed by atoms with Gasteiger partial charge in [0.1, 0.15) is 0 Å². The van der Waals surface area contributed by atoms with Crippen molar-refractivity contribution in [1.82, 2.24) is 10.2 Å². The number of nitrogens with one attached hydrogen (secondary N) is 1. The summed E-state index contributed by atoms with van der Waals surface area (Å²) in [5.74, 6) is 0.0119.